The number of carbonyl (C=O) groups is 1. The molecular weight excluding hydrogens is 318 g/mol. The highest BCUT2D eigenvalue weighted by molar-refractivity contribution is 5.52. The van der Waals surface area contributed by atoms with Gasteiger partial charge < -0.3 is 20.2 Å². The fraction of sp³-hybridized carbons (Fsp3) is 0.500. The molecule has 0 spiro atoms. The summed E-state index contributed by atoms with van der Waals surface area (Å²) < 4.78 is 0. The van der Waals surface area contributed by atoms with Gasteiger partial charge in [-0.1, -0.05) is 18.2 Å². The Kier molecular flexibility index (Phi) is 5.65. The predicted octanol–water partition coefficient (Wildman–Crippen LogP) is 1.19. The van der Waals surface area contributed by atoms with Crippen molar-refractivity contribution in [2.75, 3.05) is 36.4 Å². The Hall–Kier alpha value is -2.41. The molecule has 2 aliphatic rings. The molecule has 2 atom stereocenters. The number of allylic oxidation sites excluding steroid dienone is 2. The van der Waals surface area contributed by atoms with Gasteiger partial charge >= 0.3 is 0 Å². The summed E-state index contributed by atoms with van der Waals surface area (Å²) in [5.41, 5.74) is 0.951. The predicted molar refractivity (Wildman–Crippen MR) is 97.4 cm³/mol. The zero-order valence-electron chi connectivity index (χ0n) is 14.5. The van der Waals surface area contributed by atoms with Crippen LogP contribution in [-0.2, 0) is 4.79 Å². The number of anilines is 2. The molecule has 7 nitrogen and oxygen atoms in total. The average Bonchev–Trinajstić information content (AvgIpc) is 2.67. The van der Waals surface area contributed by atoms with Crippen LogP contribution in [0.25, 0.3) is 0 Å². The Bertz CT molecular complexity index is 661. The molecule has 2 unspecified atom stereocenters. The number of carbonyl (C=O) groups excluding carboxylic acids is 1. The molecule has 1 aliphatic carbocycles. The minimum absolute atomic E-state index is 0.157. The smallest absolute Gasteiger partial charge is 0.210 e. The molecule has 0 aromatic carbocycles. The van der Waals surface area contributed by atoms with Gasteiger partial charge in [0.1, 0.15) is 18.0 Å². The molecule has 1 aromatic rings. The van der Waals surface area contributed by atoms with Crippen LogP contribution in [-0.4, -0.2) is 64.7 Å². The lowest BCUT2D eigenvalue weighted by molar-refractivity contribution is -0.120. The molecule has 1 aliphatic heterocycles. The highest BCUT2D eigenvalue weighted by Crippen LogP contribution is 2.19. The maximum atomic E-state index is 11.0. The summed E-state index contributed by atoms with van der Waals surface area (Å²) in [5, 5.41) is 13.5. The number of rotatable bonds is 6. The van der Waals surface area contributed by atoms with Gasteiger partial charge in [0.15, 0.2) is 0 Å². The number of aromatic nitrogens is 2. The maximum absolute atomic E-state index is 11.0. The number of hydrogen-bond donors (Lipinski definition) is 2. The molecule has 1 aromatic heterocycles. The van der Waals surface area contributed by atoms with E-state index in [2.05, 4.69) is 32.3 Å². The van der Waals surface area contributed by atoms with E-state index >= 15 is 0 Å². The SMILES string of the molecule is CC1CN(c2cc(NCC(O)C3=CCCC=C3)ncn2)CCN1C=O. The highest BCUT2D eigenvalue weighted by Gasteiger charge is 2.23. The summed E-state index contributed by atoms with van der Waals surface area (Å²) >= 11 is 0. The van der Waals surface area contributed by atoms with Crippen LogP contribution in [0.3, 0.4) is 0 Å². The van der Waals surface area contributed by atoms with Gasteiger partial charge in [-0.15, -0.1) is 0 Å². The van der Waals surface area contributed by atoms with Crippen molar-refractivity contribution in [3.63, 3.8) is 0 Å². The Morgan fingerprint density at radius 3 is 3.00 bits per heavy atom. The number of nitrogens with one attached hydrogen (secondary N) is 1. The van der Waals surface area contributed by atoms with Crippen LogP contribution >= 0.6 is 0 Å². The van der Waals surface area contributed by atoms with Gasteiger partial charge in [0.2, 0.25) is 6.41 Å². The van der Waals surface area contributed by atoms with Crippen molar-refractivity contribution in [1.29, 1.82) is 0 Å². The van der Waals surface area contributed by atoms with E-state index in [1.807, 2.05) is 19.1 Å². The molecule has 0 radical (unpaired) electrons. The van der Waals surface area contributed by atoms with E-state index in [1.165, 1.54) is 6.33 Å². The van der Waals surface area contributed by atoms with Crippen LogP contribution in [0.2, 0.25) is 0 Å². The lowest BCUT2D eigenvalue weighted by Crippen LogP contribution is -2.51. The molecule has 2 N–H and O–H groups in total. The first kappa shape index (κ1) is 17.4. The second kappa shape index (κ2) is 8.11. The molecule has 2 heterocycles. The number of aliphatic hydroxyl groups is 1. The lowest BCUT2D eigenvalue weighted by Gasteiger charge is -2.38. The van der Waals surface area contributed by atoms with E-state index in [4.69, 9.17) is 0 Å². The van der Waals surface area contributed by atoms with Crippen molar-refractivity contribution in [2.24, 2.45) is 0 Å². The monoisotopic (exact) mass is 343 g/mol. The van der Waals surface area contributed by atoms with Crippen molar-refractivity contribution >= 4 is 18.0 Å². The third kappa shape index (κ3) is 4.36. The molecule has 1 amide bonds. The van der Waals surface area contributed by atoms with Crippen molar-refractivity contribution in [1.82, 2.24) is 14.9 Å². The molecule has 1 fully saturated rings. The van der Waals surface area contributed by atoms with Crippen LogP contribution in [0.1, 0.15) is 19.8 Å². The van der Waals surface area contributed by atoms with Gasteiger partial charge in [0.25, 0.3) is 0 Å². The largest absolute Gasteiger partial charge is 0.387 e. The quantitative estimate of drug-likeness (QED) is 0.755. The molecule has 25 heavy (non-hydrogen) atoms. The Morgan fingerprint density at radius 1 is 1.40 bits per heavy atom. The molecule has 134 valence electrons. The summed E-state index contributed by atoms with van der Waals surface area (Å²) in [5.74, 6) is 1.52. The van der Waals surface area contributed by atoms with Crippen molar-refractivity contribution in [3.8, 4) is 0 Å². The third-order valence-electron chi connectivity index (χ3n) is 4.68. The number of amides is 1. The van der Waals surface area contributed by atoms with Crippen LogP contribution in [0.15, 0.2) is 36.2 Å². The summed E-state index contributed by atoms with van der Waals surface area (Å²) in [6.45, 7) is 4.62. The Balaban J connectivity index is 1.59. The Labute approximate surface area is 148 Å². The Morgan fingerprint density at radius 2 is 2.28 bits per heavy atom. The minimum atomic E-state index is -0.550. The molecule has 7 heteroatoms. The second-order valence-electron chi connectivity index (χ2n) is 6.48. The standard InChI is InChI=1S/C18H25N5O2/c1-14-11-22(7-8-23(14)13-24)18-9-17(20-12-21-18)19-10-16(25)15-5-3-2-4-6-15/h3,5-6,9,12-14,16,25H,2,4,7-8,10-11H2,1H3,(H,19,20,21). The van der Waals surface area contributed by atoms with E-state index in [9.17, 15) is 9.90 Å². The van der Waals surface area contributed by atoms with Gasteiger partial charge in [-0.25, -0.2) is 9.97 Å². The summed E-state index contributed by atoms with van der Waals surface area (Å²) in [6.07, 6.45) is 10.0. The normalized spacial score (nSPS) is 21.7. The fourth-order valence-corrected chi connectivity index (χ4v) is 3.15. The van der Waals surface area contributed by atoms with Gasteiger partial charge in [-0.3, -0.25) is 4.79 Å². The number of nitrogens with zero attached hydrogens (tertiary/aromatic N) is 4. The molecule has 1 saturated heterocycles. The first-order valence-electron chi connectivity index (χ1n) is 8.74. The summed E-state index contributed by atoms with van der Waals surface area (Å²) in [7, 11) is 0. The summed E-state index contributed by atoms with van der Waals surface area (Å²) in [6, 6.07) is 2.05. The van der Waals surface area contributed by atoms with E-state index in [1.54, 1.807) is 4.90 Å². The fourth-order valence-electron chi connectivity index (χ4n) is 3.15. The topological polar surface area (TPSA) is 81.6 Å². The van der Waals surface area contributed by atoms with Crippen LogP contribution < -0.4 is 10.2 Å². The molecule has 0 saturated carbocycles. The van der Waals surface area contributed by atoms with Crippen LogP contribution in [0.4, 0.5) is 11.6 Å². The molecule has 3 rings (SSSR count). The van der Waals surface area contributed by atoms with E-state index in [0.717, 1.165) is 43.7 Å². The van der Waals surface area contributed by atoms with Crippen LogP contribution in [0.5, 0.6) is 0 Å². The van der Waals surface area contributed by atoms with Gasteiger partial charge in [0, 0.05) is 38.3 Å². The van der Waals surface area contributed by atoms with Crippen molar-refractivity contribution < 1.29 is 9.90 Å². The number of piperazine rings is 1. The van der Waals surface area contributed by atoms with Crippen molar-refractivity contribution in [3.05, 3.63) is 36.2 Å². The zero-order valence-corrected chi connectivity index (χ0v) is 14.5. The second-order valence-corrected chi connectivity index (χ2v) is 6.48. The maximum Gasteiger partial charge on any atom is 0.210 e. The minimum Gasteiger partial charge on any atom is -0.387 e. The van der Waals surface area contributed by atoms with E-state index in [0.29, 0.717) is 18.9 Å². The molecule has 0 bridgehead atoms. The van der Waals surface area contributed by atoms with Gasteiger partial charge in [-0.05, 0) is 25.3 Å². The van der Waals surface area contributed by atoms with Gasteiger partial charge in [0.05, 0.1) is 6.10 Å². The first-order chi connectivity index (χ1) is 12.2. The first-order valence-corrected chi connectivity index (χ1v) is 8.74. The third-order valence-corrected chi connectivity index (χ3v) is 4.68. The summed E-state index contributed by atoms with van der Waals surface area (Å²) in [4.78, 5) is 23.5. The van der Waals surface area contributed by atoms with E-state index in [-0.39, 0.29) is 6.04 Å². The number of hydrogen-bond acceptors (Lipinski definition) is 6. The zero-order chi connectivity index (χ0) is 17.6. The average molecular weight is 343 g/mol. The van der Waals surface area contributed by atoms with Crippen molar-refractivity contribution in [2.45, 2.75) is 31.9 Å². The highest BCUT2D eigenvalue weighted by atomic mass is 16.3. The molecular formula is C18H25N5O2. The number of aliphatic hydroxyl groups excluding tert-OH is 1. The lowest BCUT2D eigenvalue weighted by atomic mass is 10.0. The van der Waals surface area contributed by atoms with Crippen LogP contribution in [0, 0.1) is 0 Å². The van der Waals surface area contributed by atoms with E-state index < -0.39 is 6.10 Å². The van der Waals surface area contributed by atoms with Gasteiger partial charge in [-0.2, -0.15) is 0 Å².